The smallest absolute Gasteiger partial charge is 0.266 e. The molecule has 1 aliphatic heterocycles. The third kappa shape index (κ3) is 2.60. The number of aromatic nitrogens is 1. The first-order valence-corrected chi connectivity index (χ1v) is 8.32. The maximum absolute atomic E-state index is 12.7. The Bertz CT molecular complexity index is 984. The van der Waals surface area contributed by atoms with Crippen LogP contribution in [-0.4, -0.2) is 22.7 Å². The van der Waals surface area contributed by atoms with E-state index >= 15 is 0 Å². The molecule has 0 radical (unpaired) electrons. The zero-order valence-electron chi connectivity index (χ0n) is 12.8. The van der Waals surface area contributed by atoms with Gasteiger partial charge in [-0.05, 0) is 30.3 Å². The molecule has 0 atom stereocenters. The lowest BCUT2D eigenvalue weighted by Gasteiger charge is -2.13. The number of amides is 3. The number of benzene rings is 2. The molecule has 0 fully saturated rings. The minimum absolute atomic E-state index is 0.223. The Morgan fingerprint density at radius 3 is 2.48 bits per heavy atom. The molecule has 3 aromatic rings. The number of anilines is 2. The Morgan fingerprint density at radius 1 is 1.00 bits per heavy atom. The standard InChI is InChI=1S/C18H11N3O3S/c22-15(20-18-19-8-9-25-18)11-6-7-13-14(10-11)17(24)21(16(13)23)12-4-2-1-3-5-12/h1-10H,(H,19,20,22). The third-order valence-corrected chi connectivity index (χ3v) is 4.50. The van der Waals surface area contributed by atoms with Crippen molar-refractivity contribution in [1.82, 2.24) is 4.98 Å². The Hall–Kier alpha value is -3.32. The molecule has 0 aliphatic carbocycles. The van der Waals surface area contributed by atoms with E-state index in [4.69, 9.17) is 0 Å². The molecular formula is C18H11N3O3S. The maximum Gasteiger partial charge on any atom is 0.266 e. The van der Waals surface area contributed by atoms with Gasteiger partial charge in [-0.15, -0.1) is 11.3 Å². The molecule has 0 unspecified atom stereocenters. The minimum atomic E-state index is -0.435. The van der Waals surface area contributed by atoms with Crippen molar-refractivity contribution in [3.63, 3.8) is 0 Å². The van der Waals surface area contributed by atoms with Crippen molar-refractivity contribution >= 4 is 39.9 Å². The van der Waals surface area contributed by atoms with Crippen LogP contribution in [0.5, 0.6) is 0 Å². The third-order valence-electron chi connectivity index (χ3n) is 3.82. The number of nitrogens with one attached hydrogen (secondary N) is 1. The fourth-order valence-electron chi connectivity index (χ4n) is 2.65. The molecule has 4 rings (SSSR count). The van der Waals surface area contributed by atoms with Gasteiger partial charge in [0, 0.05) is 17.1 Å². The second-order valence-corrected chi connectivity index (χ2v) is 6.23. The lowest BCUT2D eigenvalue weighted by atomic mass is 10.1. The highest BCUT2D eigenvalue weighted by atomic mass is 32.1. The van der Waals surface area contributed by atoms with Crippen molar-refractivity contribution < 1.29 is 14.4 Å². The fraction of sp³-hybridized carbons (Fsp3) is 0. The molecule has 1 N–H and O–H groups in total. The molecule has 2 heterocycles. The highest BCUT2D eigenvalue weighted by Crippen LogP contribution is 2.29. The average molecular weight is 349 g/mol. The summed E-state index contributed by atoms with van der Waals surface area (Å²) >= 11 is 1.30. The molecule has 122 valence electrons. The van der Waals surface area contributed by atoms with Crippen LogP contribution in [0.2, 0.25) is 0 Å². The Morgan fingerprint density at radius 2 is 1.76 bits per heavy atom. The lowest BCUT2D eigenvalue weighted by Crippen LogP contribution is -2.29. The minimum Gasteiger partial charge on any atom is -0.298 e. The summed E-state index contributed by atoms with van der Waals surface area (Å²) in [6.07, 6.45) is 1.59. The molecule has 0 bridgehead atoms. The number of imide groups is 1. The summed E-state index contributed by atoms with van der Waals surface area (Å²) in [6, 6.07) is 13.2. The summed E-state index contributed by atoms with van der Waals surface area (Å²) < 4.78 is 0. The number of hydrogen-bond acceptors (Lipinski definition) is 5. The van der Waals surface area contributed by atoms with Gasteiger partial charge in [-0.2, -0.15) is 0 Å². The monoisotopic (exact) mass is 349 g/mol. The predicted octanol–water partition coefficient (Wildman–Crippen LogP) is 3.20. The van der Waals surface area contributed by atoms with Crippen LogP contribution in [0.25, 0.3) is 0 Å². The molecule has 0 saturated heterocycles. The van der Waals surface area contributed by atoms with Gasteiger partial charge in [0.25, 0.3) is 17.7 Å². The van der Waals surface area contributed by atoms with Crippen LogP contribution >= 0.6 is 11.3 Å². The quantitative estimate of drug-likeness (QED) is 0.737. The van der Waals surface area contributed by atoms with E-state index in [9.17, 15) is 14.4 Å². The largest absolute Gasteiger partial charge is 0.298 e. The second-order valence-electron chi connectivity index (χ2n) is 5.33. The number of nitrogens with zero attached hydrogens (tertiary/aromatic N) is 2. The van der Waals surface area contributed by atoms with E-state index in [0.29, 0.717) is 21.9 Å². The van der Waals surface area contributed by atoms with Crippen LogP contribution in [0, 0.1) is 0 Å². The van der Waals surface area contributed by atoms with Crippen molar-refractivity contribution in [3.05, 3.63) is 76.8 Å². The van der Waals surface area contributed by atoms with Gasteiger partial charge < -0.3 is 0 Å². The molecule has 3 amide bonds. The van der Waals surface area contributed by atoms with E-state index < -0.39 is 11.8 Å². The first-order chi connectivity index (χ1) is 12.1. The summed E-state index contributed by atoms with van der Waals surface area (Å²) in [5.41, 5.74) is 1.31. The fourth-order valence-corrected chi connectivity index (χ4v) is 3.17. The number of rotatable bonds is 3. The number of hydrogen-bond donors (Lipinski definition) is 1. The zero-order chi connectivity index (χ0) is 17.4. The Kier molecular flexibility index (Phi) is 3.62. The van der Waals surface area contributed by atoms with Gasteiger partial charge in [-0.25, -0.2) is 9.88 Å². The molecule has 7 heteroatoms. The summed E-state index contributed by atoms with van der Waals surface area (Å²) in [6.45, 7) is 0. The number of para-hydroxylation sites is 1. The van der Waals surface area contributed by atoms with Crippen LogP contribution in [0.1, 0.15) is 31.1 Å². The van der Waals surface area contributed by atoms with Crippen LogP contribution in [0.3, 0.4) is 0 Å². The van der Waals surface area contributed by atoms with Crippen molar-refractivity contribution in [1.29, 1.82) is 0 Å². The molecule has 1 aromatic heterocycles. The van der Waals surface area contributed by atoms with E-state index in [0.717, 1.165) is 4.90 Å². The number of thiazole rings is 1. The summed E-state index contributed by atoms with van der Waals surface area (Å²) in [5.74, 6) is -1.20. The van der Waals surface area contributed by atoms with Gasteiger partial charge in [0.2, 0.25) is 0 Å². The van der Waals surface area contributed by atoms with E-state index in [1.807, 2.05) is 6.07 Å². The molecule has 0 saturated carbocycles. The van der Waals surface area contributed by atoms with Gasteiger partial charge in [0.15, 0.2) is 5.13 Å². The highest BCUT2D eigenvalue weighted by Gasteiger charge is 2.37. The van der Waals surface area contributed by atoms with Crippen LogP contribution in [0.15, 0.2) is 60.1 Å². The van der Waals surface area contributed by atoms with E-state index in [1.165, 1.54) is 29.5 Å². The predicted molar refractivity (Wildman–Crippen MR) is 94.1 cm³/mol. The SMILES string of the molecule is O=C(Nc1nccs1)c1ccc2c(c1)C(=O)N(c1ccccc1)C2=O. The lowest BCUT2D eigenvalue weighted by molar-refractivity contribution is 0.0925. The normalized spacial score (nSPS) is 13.0. The number of carbonyl (C=O) groups excluding carboxylic acids is 3. The average Bonchev–Trinajstić information content (AvgIpc) is 3.23. The second kappa shape index (κ2) is 5.95. The maximum atomic E-state index is 12.7. The number of fused-ring (bicyclic) bond motifs is 1. The van der Waals surface area contributed by atoms with Crippen LogP contribution in [-0.2, 0) is 0 Å². The van der Waals surface area contributed by atoms with Gasteiger partial charge in [-0.1, -0.05) is 18.2 Å². The molecular weight excluding hydrogens is 338 g/mol. The molecule has 25 heavy (non-hydrogen) atoms. The zero-order valence-corrected chi connectivity index (χ0v) is 13.6. The van der Waals surface area contributed by atoms with Crippen molar-refractivity contribution in [2.45, 2.75) is 0 Å². The van der Waals surface area contributed by atoms with E-state index in [-0.39, 0.29) is 11.5 Å². The van der Waals surface area contributed by atoms with Crippen molar-refractivity contribution in [2.75, 3.05) is 10.2 Å². The van der Waals surface area contributed by atoms with Gasteiger partial charge in [0.1, 0.15) is 0 Å². The van der Waals surface area contributed by atoms with Gasteiger partial charge >= 0.3 is 0 Å². The molecule has 1 aliphatic rings. The first kappa shape index (κ1) is 15.2. The summed E-state index contributed by atoms with van der Waals surface area (Å²) in [5, 5.41) is 4.88. The molecule has 6 nitrogen and oxygen atoms in total. The summed E-state index contributed by atoms with van der Waals surface area (Å²) in [4.78, 5) is 42.6. The molecule has 2 aromatic carbocycles. The Labute approximate surface area is 146 Å². The van der Waals surface area contributed by atoms with Crippen molar-refractivity contribution in [2.24, 2.45) is 0 Å². The van der Waals surface area contributed by atoms with Crippen LogP contribution in [0.4, 0.5) is 10.8 Å². The van der Waals surface area contributed by atoms with Gasteiger partial charge in [-0.3, -0.25) is 19.7 Å². The summed E-state index contributed by atoms with van der Waals surface area (Å²) in [7, 11) is 0. The highest BCUT2D eigenvalue weighted by molar-refractivity contribution is 7.13. The molecule has 0 spiro atoms. The van der Waals surface area contributed by atoms with E-state index in [2.05, 4.69) is 10.3 Å². The van der Waals surface area contributed by atoms with Crippen LogP contribution < -0.4 is 10.2 Å². The van der Waals surface area contributed by atoms with E-state index in [1.54, 1.807) is 35.8 Å². The first-order valence-electron chi connectivity index (χ1n) is 7.44. The van der Waals surface area contributed by atoms with Crippen molar-refractivity contribution in [3.8, 4) is 0 Å². The number of carbonyl (C=O) groups is 3. The Balaban J connectivity index is 1.67. The topological polar surface area (TPSA) is 79.4 Å². The van der Waals surface area contributed by atoms with Gasteiger partial charge in [0.05, 0.1) is 16.8 Å².